The van der Waals surface area contributed by atoms with E-state index in [0.717, 1.165) is 44.4 Å². The zero-order valence-corrected chi connectivity index (χ0v) is 23.9. The molecule has 2 bridgehead atoms. The summed E-state index contributed by atoms with van der Waals surface area (Å²) in [5, 5.41) is 0. The second kappa shape index (κ2) is 11.5. The monoisotopic (exact) mass is 494 g/mol. The molecule has 2 nitrogen and oxygen atoms in total. The van der Waals surface area contributed by atoms with Crippen LogP contribution >= 0.6 is 0 Å². The Morgan fingerprint density at radius 2 is 1.69 bits per heavy atom. The van der Waals surface area contributed by atoms with Gasteiger partial charge in [0.25, 0.3) is 0 Å². The van der Waals surface area contributed by atoms with Crippen LogP contribution in [0.1, 0.15) is 130 Å². The van der Waals surface area contributed by atoms with Crippen molar-refractivity contribution in [3.8, 4) is 0 Å². The number of ketones is 2. The molecule has 0 radical (unpaired) electrons. The summed E-state index contributed by atoms with van der Waals surface area (Å²) in [6, 6.07) is 8.83. The van der Waals surface area contributed by atoms with E-state index in [0.29, 0.717) is 29.3 Å². The summed E-state index contributed by atoms with van der Waals surface area (Å²) in [7, 11) is 0. The molecule has 1 aromatic carbocycles. The van der Waals surface area contributed by atoms with E-state index in [2.05, 4.69) is 58.9 Å². The SMILES string of the molecule is CCC(C(=O)CC1C[C@H]2CC[C@@H]1C[C@@H](CCC(=O)C1(c3ccc(C)cc3)CCCCC1)C2)C(C)(C)C.[HH]. The molecule has 0 N–H and O–H groups in total. The van der Waals surface area contributed by atoms with Gasteiger partial charge in [-0.15, -0.1) is 0 Å². The number of carbonyl (C=O) groups is 2. The Hall–Kier alpha value is -1.44. The molecule has 0 amide bonds. The molecule has 0 heterocycles. The van der Waals surface area contributed by atoms with Gasteiger partial charge in [0.05, 0.1) is 5.41 Å². The summed E-state index contributed by atoms with van der Waals surface area (Å²) < 4.78 is 0. The molecule has 4 aliphatic rings. The van der Waals surface area contributed by atoms with Crippen LogP contribution in [0.5, 0.6) is 0 Å². The zero-order valence-electron chi connectivity index (χ0n) is 23.9. The van der Waals surface area contributed by atoms with E-state index in [1.807, 2.05) is 0 Å². The number of rotatable bonds is 9. The van der Waals surface area contributed by atoms with Gasteiger partial charge in [0.15, 0.2) is 0 Å². The van der Waals surface area contributed by atoms with Gasteiger partial charge in [0, 0.05) is 20.2 Å². The van der Waals surface area contributed by atoms with Crippen LogP contribution in [0, 0.1) is 41.9 Å². The number of hydrogen-bond donors (Lipinski definition) is 0. The van der Waals surface area contributed by atoms with E-state index < -0.39 is 0 Å². The Kier molecular flexibility index (Phi) is 8.83. The Bertz CT molecular complexity index is 889. The first-order valence-electron chi connectivity index (χ1n) is 15.3. The van der Waals surface area contributed by atoms with Gasteiger partial charge in [0.2, 0.25) is 0 Å². The minimum absolute atomic E-state index is 0. The molecule has 0 spiro atoms. The lowest BCUT2D eigenvalue weighted by molar-refractivity contribution is -0.128. The zero-order chi connectivity index (χ0) is 25.9. The van der Waals surface area contributed by atoms with Crippen molar-refractivity contribution in [2.75, 3.05) is 0 Å². The standard InChI is InChI=1S/C34H52O2.H2/c1-6-30(33(3,4)5)31(35)23-28-22-25-12-14-27(28)21-26(20-25)13-17-32(36)34(18-8-7-9-19-34)29-15-10-24(2)11-16-29;/h10-11,15-16,25-28,30H,6-9,12-14,17-23H2,1-5H3;1H/t25-,26-,27+,28?,30?;/m0./s1. The number of aryl methyl sites for hydroxylation is 1. The van der Waals surface area contributed by atoms with Crippen molar-refractivity contribution >= 4 is 11.6 Å². The highest BCUT2D eigenvalue weighted by atomic mass is 16.1. The molecule has 1 aromatic rings. The molecular weight excluding hydrogens is 440 g/mol. The summed E-state index contributed by atoms with van der Waals surface area (Å²) in [6.45, 7) is 11.0. The highest BCUT2D eigenvalue weighted by molar-refractivity contribution is 5.90. The molecule has 0 saturated heterocycles. The molecule has 36 heavy (non-hydrogen) atoms. The molecule has 0 aromatic heterocycles. The van der Waals surface area contributed by atoms with Gasteiger partial charge in [-0.25, -0.2) is 0 Å². The number of benzene rings is 1. The van der Waals surface area contributed by atoms with Crippen molar-refractivity contribution in [2.45, 2.75) is 130 Å². The van der Waals surface area contributed by atoms with Gasteiger partial charge in [-0.2, -0.15) is 0 Å². The van der Waals surface area contributed by atoms with Crippen LogP contribution in [0.2, 0.25) is 0 Å². The van der Waals surface area contributed by atoms with Gasteiger partial charge < -0.3 is 0 Å². The molecular formula is C34H54O2. The largest absolute Gasteiger partial charge is 0.299 e. The van der Waals surface area contributed by atoms with Gasteiger partial charge in [-0.1, -0.05) is 83.2 Å². The topological polar surface area (TPSA) is 34.1 Å². The number of Topliss-reactive ketones (excluding diaryl/α,β-unsaturated/α-hetero) is 2. The van der Waals surface area contributed by atoms with Crippen LogP contribution in [0.4, 0.5) is 0 Å². The minimum Gasteiger partial charge on any atom is -0.299 e. The van der Waals surface area contributed by atoms with Crippen LogP contribution in [0.3, 0.4) is 0 Å². The first kappa shape index (κ1) is 27.6. The third-order valence-corrected chi connectivity index (χ3v) is 10.5. The minimum atomic E-state index is -0.243. The van der Waals surface area contributed by atoms with Crippen molar-refractivity contribution in [3.05, 3.63) is 35.4 Å². The van der Waals surface area contributed by atoms with Gasteiger partial charge in [0.1, 0.15) is 11.6 Å². The van der Waals surface area contributed by atoms with E-state index in [9.17, 15) is 9.59 Å². The normalized spacial score (nSPS) is 28.9. The molecule has 2 unspecified atom stereocenters. The molecule has 2 heteroatoms. The fourth-order valence-corrected chi connectivity index (χ4v) is 8.48. The second-order valence-corrected chi connectivity index (χ2v) is 14.0. The maximum absolute atomic E-state index is 13.9. The highest BCUT2D eigenvalue weighted by Gasteiger charge is 2.42. The van der Waals surface area contributed by atoms with Crippen LogP contribution in [0.25, 0.3) is 0 Å². The average molecular weight is 495 g/mol. The highest BCUT2D eigenvalue weighted by Crippen LogP contribution is 2.49. The predicted octanol–water partition coefficient (Wildman–Crippen LogP) is 9.27. The first-order chi connectivity index (χ1) is 17.1. The fraction of sp³-hybridized carbons (Fsp3) is 0.765. The van der Waals surface area contributed by atoms with Crippen molar-refractivity contribution in [2.24, 2.45) is 35.0 Å². The lowest BCUT2D eigenvalue weighted by Gasteiger charge is -2.37. The van der Waals surface area contributed by atoms with Crippen LogP contribution in [-0.4, -0.2) is 11.6 Å². The van der Waals surface area contributed by atoms with Crippen molar-refractivity contribution < 1.29 is 11.0 Å². The van der Waals surface area contributed by atoms with Crippen LogP contribution < -0.4 is 0 Å². The number of fused-ring (bicyclic) bond motifs is 4. The number of hydrogen-bond acceptors (Lipinski definition) is 2. The second-order valence-electron chi connectivity index (χ2n) is 14.0. The summed E-state index contributed by atoms with van der Waals surface area (Å²) >= 11 is 0. The average Bonchev–Trinajstić information content (AvgIpc) is 3.14. The van der Waals surface area contributed by atoms with E-state index in [-0.39, 0.29) is 18.2 Å². The molecule has 5 rings (SSSR count). The van der Waals surface area contributed by atoms with Gasteiger partial charge in [-0.3, -0.25) is 9.59 Å². The van der Waals surface area contributed by atoms with Crippen molar-refractivity contribution in [3.63, 3.8) is 0 Å². The van der Waals surface area contributed by atoms with E-state index in [4.69, 9.17) is 0 Å². The molecule has 0 aliphatic heterocycles. The lowest BCUT2D eigenvalue weighted by Crippen LogP contribution is -2.38. The van der Waals surface area contributed by atoms with Crippen LogP contribution in [0.15, 0.2) is 24.3 Å². The number of carbonyl (C=O) groups excluding carboxylic acids is 2. The van der Waals surface area contributed by atoms with E-state index >= 15 is 0 Å². The Labute approximate surface area is 222 Å². The summed E-state index contributed by atoms with van der Waals surface area (Å²) in [4.78, 5) is 27.2. The Balaban J connectivity index is 0.00000380. The van der Waals surface area contributed by atoms with Gasteiger partial charge in [-0.05, 0) is 92.9 Å². The van der Waals surface area contributed by atoms with E-state index in [1.54, 1.807) is 0 Å². The maximum atomic E-state index is 13.9. The summed E-state index contributed by atoms with van der Waals surface area (Å²) in [6.07, 6.45) is 15.6. The molecule has 4 saturated carbocycles. The lowest BCUT2D eigenvalue weighted by atomic mass is 9.65. The van der Waals surface area contributed by atoms with Crippen LogP contribution in [-0.2, 0) is 15.0 Å². The molecule has 4 fully saturated rings. The summed E-state index contributed by atoms with van der Waals surface area (Å²) in [5.74, 6) is 3.88. The molecule has 5 atom stereocenters. The maximum Gasteiger partial charge on any atom is 0.143 e. The summed E-state index contributed by atoms with van der Waals surface area (Å²) in [5.41, 5.74) is 2.35. The smallest absolute Gasteiger partial charge is 0.143 e. The van der Waals surface area contributed by atoms with Crippen molar-refractivity contribution in [1.29, 1.82) is 0 Å². The predicted molar refractivity (Wildman–Crippen MR) is 152 cm³/mol. The van der Waals surface area contributed by atoms with Gasteiger partial charge >= 0.3 is 0 Å². The molecule has 4 aliphatic carbocycles. The third kappa shape index (κ3) is 6.16. The first-order valence-corrected chi connectivity index (χ1v) is 15.3. The quantitative estimate of drug-likeness (QED) is 0.343. The van der Waals surface area contributed by atoms with Crippen molar-refractivity contribution in [1.82, 2.24) is 0 Å². The Morgan fingerprint density at radius 3 is 2.33 bits per heavy atom. The Morgan fingerprint density at radius 1 is 1.00 bits per heavy atom. The third-order valence-electron chi connectivity index (χ3n) is 10.5. The van der Waals surface area contributed by atoms with E-state index in [1.165, 1.54) is 62.5 Å². The molecule has 202 valence electrons. The fourth-order valence-electron chi connectivity index (χ4n) is 8.48.